The van der Waals surface area contributed by atoms with Gasteiger partial charge in [0.1, 0.15) is 0 Å². The molecule has 0 bridgehead atoms. The molecule has 0 aromatic rings. The molecule has 6 nitrogen and oxygen atoms in total. The summed E-state index contributed by atoms with van der Waals surface area (Å²) in [6.07, 6.45) is 8.33. The largest absolute Gasteiger partial charge is 0.376 e. The summed E-state index contributed by atoms with van der Waals surface area (Å²) >= 11 is 0. The Morgan fingerprint density at radius 1 is 1.04 bits per heavy atom. The zero-order chi connectivity index (χ0) is 20.2. The monoisotopic (exact) mass is 395 g/mol. The van der Waals surface area contributed by atoms with Crippen LogP contribution in [0.25, 0.3) is 0 Å². The molecular weight excluding hydrogens is 350 g/mol. The normalized spacial score (nSPS) is 22.2. The second kappa shape index (κ2) is 13.4. The highest BCUT2D eigenvalue weighted by atomic mass is 16.5. The maximum absolute atomic E-state index is 6.10. The molecule has 0 spiro atoms. The van der Waals surface area contributed by atoms with Crippen molar-refractivity contribution in [1.29, 1.82) is 0 Å². The number of hydrogen-bond donors (Lipinski definition) is 2. The molecule has 164 valence electrons. The van der Waals surface area contributed by atoms with Crippen molar-refractivity contribution in [1.82, 2.24) is 20.4 Å². The third-order valence-electron chi connectivity index (χ3n) is 6.11. The third kappa shape index (κ3) is 8.66. The van der Waals surface area contributed by atoms with Crippen molar-refractivity contribution in [3.05, 3.63) is 0 Å². The first-order chi connectivity index (χ1) is 13.6. The molecule has 2 aliphatic rings. The molecule has 0 radical (unpaired) electrons. The van der Waals surface area contributed by atoms with E-state index in [0.29, 0.717) is 18.1 Å². The van der Waals surface area contributed by atoms with Gasteiger partial charge in [0, 0.05) is 45.3 Å². The molecule has 0 amide bonds. The Hall–Kier alpha value is -0.850. The fraction of sp³-hybridized carbons (Fsp3) is 0.955. The number of nitrogens with zero attached hydrogens (tertiary/aromatic N) is 3. The highest BCUT2D eigenvalue weighted by Crippen LogP contribution is 2.19. The van der Waals surface area contributed by atoms with Crippen LogP contribution >= 0.6 is 0 Å². The number of likely N-dealkylation sites (N-methyl/N-ethyl adjacent to an activating group) is 1. The summed E-state index contributed by atoms with van der Waals surface area (Å²) < 4.78 is 6.10. The van der Waals surface area contributed by atoms with Crippen LogP contribution in [0.15, 0.2) is 4.99 Å². The van der Waals surface area contributed by atoms with Crippen LogP contribution in [0.5, 0.6) is 0 Å². The van der Waals surface area contributed by atoms with Crippen LogP contribution in [0.1, 0.15) is 59.3 Å². The minimum atomic E-state index is 0.464. The van der Waals surface area contributed by atoms with Gasteiger partial charge in [-0.1, -0.05) is 39.5 Å². The van der Waals surface area contributed by atoms with Crippen LogP contribution in [0, 0.1) is 5.92 Å². The van der Waals surface area contributed by atoms with E-state index in [1.54, 1.807) is 0 Å². The standard InChI is InChI=1S/C22H45N5O/c1-5-23-22(24-12-17-28-20-10-8-6-7-9-11-20)25-18-21(19(2)3)27-15-13-26(4)14-16-27/h19-21H,5-18H2,1-4H3,(H2,23,24,25). The molecule has 1 unspecified atom stereocenters. The van der Waals surface area contributed by atoms with E-state index in [1.165, 1.54) is 38.5 Å². The van der Waals surface area contributed by atoms with Gasteiger partial charge < -0.3 is 20.3 Å². The summed E-state index contributed by atoms with van der Waals surface area (Å²) in [4.78, 5) is 9.94. The highest BCUT2D eigenvalue weighted by molar-refractivity contribution is 5.79. The molecular formula is C22H45N5O. The van der Waals surface area contributed by atoms with E-state index in [9.17, 15) is 0 Å². The zero-order valence-electron chi connectivity index (χ0n) is 18.9. The van der Waals surface area contributed by atoms with Gasteiger partial charge in [-0.2, -0.15) is 0 Å². The lowest BCUT2D eigenvalue weighted by atomic mass is 10.0. The lowest BCUT2D eigenvalue weighted by molar-refractivity contribution is 0.0468. The molecule has 2 rings (SSSR count). The summed E-state index contributed by atoms with van der Waals surface area (Å²) in [6, 6.07) is 0.506. The molecule has 1 atom stereocenters. The van der Waals surface area contributed by atoms with Crippen LogP contribution in [0.2, 0.25) is 0 Å². The molecule has 0 aromatic carbocycles. The Morgan fingerprint density at radius 2 is 1.71 bits per heavy atom. The van der Waals surface area contributed by atoms with E-state index in [-0.39, 0.29) is 0 Å². The number of guanidine groups is 1. The Morgan fingerprint density at radius 3 is 2.32 bits per heavy atom. The fourth-order valence-electron chi connectivity index (χ4n) is 4.23. The van der Waals surface area contributed by atoms with Crippen LogP contribution in [0.4, 0.5) is 0 Å². The van der Waals surface area contributed by atoms with Crippen molar-refractivity contribution >= 4 is 5.96 Å². The summed E-state index contributed by atoms with van der Waals surface area (Å²) in [5.41, 5.74) is 0. The van der Waals surface area contributed by atoms with Crippen molar-refractivity contribution in [2.24, 2.45) is 10.9 Å². The second-order valence-corrected chi connectivity index (χ2v) is 8.78. The first-order valence-corrected chi connectivity index (χ1v) is 11.7. The van der Waals surface area contributed by atoms with Crippen molar-refractivity contribution in [2.45, 2.75) is 71.4 Å². The van der Waals surface area contributed by atoms with Crippen LogP contribution in [0.3, 0.4) is 0 Å². The Kier molecular flexibility index (Phi) is 11.2. The first kappa shape index (κ1) is 23.4. The van der Waals surface area contributed by atoms with Gasteiger partial charge >= 0.3 is 0 Å². The highest BCUT2D eigenvalue weighted by Gasteiger charge is 2.24. The van der Waals surface area contributed by atoms with Gasteiger partial charge in [0.15, 0.2) is 5.96 Å². The number of piperazine rings is 1. The zero-order valence-corrected chi connectivity index (χ0v) is 18.9. The van der Waals surface area contributed by atoms with Crippen LogP contribution < -0.4 is 10.6 Å². The topological polar surface area (TPSA) is 52.1 Å². The summed E-state index contributed by atoms with van der Waals surface area (Å²) in [5.74, 6) is 1.53. The van der Waals surface area contributed by atoms with Gasteiger partial charge in [0.05, 0.1) is 19.3 Å². The second-order valence-electron chi connectivity index (χ2n) is 8.78. The number of hydrogen-bond acceptors (Lipinski definition) is 4. The van der Waals surface area contributed by atoms with Crippen molar-refractivity contribution in [2.75, 3.05) is 59.5 Å². The molecule has 6 heteroatoms. The van der Waals surface area contributed by atoms with E-state index in [0.717, 1.165) is 58.4 Å². The summed E-state index contributed by atoms with van der Waals surface area (Å²) in [7, 11) is 2.21. The average Bonchev–Trinajstić information content (AvgIpc) is 2.95. The summed E-state index contributed by atoms with van der Waals surface area (Å²) in [5, 5.41) is 6.86. The number of rotatable bonds is 9. The van der Waals surface area contributed by atoms with E-state index < -0.39 is 0 Å². The molecule has 28 heavy (non-hydrogen) atoms. The van der Waals surface area contributed by atoms with Gasteiger partial charge in [-0.05, 0) is 32.7 Å². The SMILES string of the molecule is CCNC(=NCC(C(C)C)N1CCN(C)CC1)NCCOC1CCCCCC1. The molecule has 1 aliphatic carbocycles. The Labute approximate surface area is 173 Å². The lowest BCUT2D eigenvalue weighted by Crippen LogP contribution is -2.52. The fourth-order valence-corrected chi connectivity index (χ4v) is 4.23. The van der Waals surface area contributed by atoms with Crippen molar-refractivity contribution in [3.8, 4) is 0 Å². The minimum Gasteiger partial charge on any atom is -0.376 e. The minimum absolute atomic E-state index is 0.464. The average molecular weight is 396 g/mol. The van der Waals surface area contributed by atoms with E-state index in [2.05, 4.69) is 48.3 Å². The predicted molar refractivity (Wildman–Crippen MR) is 119 cm³/mol. The quantitative estimate of drug-likeness (QED) is 0.272. The maximum atomic E-state index is 6.10. The van der Waals surface area contributed by atoms with Crippen LogP contribution in [-0.4, -0.2) is 87.4 Å². The van der Waals surface area contributed by atoms with E-state index >= 15 is 0 Å². The smallest absolute Gasteiger partial charge is 0.191 e. The molecule has 1 heterocycles. The van der Waals surface area contributed by atoms with Gasteiger partial charge in [-0.25, -0.2) is 0 Å². The summed E-state index contributed by atoms with van der Waals surface area (Å²) in [6.45, 7) is 14.7. The van der Waals surface area contributed by atoms with Crippen molar-refractivity contribution < 1.29 is 4.74 Å². The molecule has 1 saturated carbocycles. The van der Waals surface area contributed by atoms with Gasteiger partial charge in [0.25, 0.3) is 0 Å². The third-order valence-corrected chi connectivity index (χ3v) is 6.11. The molecule has 1 aliphatic heterocycles. The van der Waals surface area contributed by atoms with Gasteiger partial charge in [-0.3, -0.25) is 9.89 Å². The van der Waals surface area contributed by atoms with Gasteiger partial charge in [-0.15, -0.1) is 0 Å². The maximum Gasteiger partial charge on any atom is 0.191 e. The van der Waals surface area contributed by atoms with Crippen LogP contribution in [-0.2, 0) is 4.74 Å². The Bertz CT molecular complexity index is 427. The Balaban J connectivity index is 1.77. The number of nitrogens with one attached hydrogen (secondary N) is 2. The molecule has 0 aromatic heterocycles. The van der Waals surface area contributed by atoms with E-state index in [1.807, 2.05) is 0 Å². The van der Waals surface area contributed by atoms with Crippen molar-refractivity contribution in [3.63, 3.8) is 0 Å². The lowest BCUT2D eigenvalue weighted by Gasteiger charge is -2.39. The first-order valence-electron chi connectivity index (χ1n) is 11.7. The number of ether oxygens (including phenoxy) is 1. The number of aliphatic imine (C=N–C) groups is 1. The van der Waals surface area contributed by atoms with E-state index in [4.69, 9.17) is 9.73 Å². The predicted octanol–water partition coefficient (Wildman–Crippen LogP) is 2.55. The molecule has 2 fully saturated rings. The van der Waals surface area contributed by atoms with Gasteiger partial charge in [0.2, 0.25) is 0 Å². The molecule has 2 N–H and O–H groups in total. The molecule has 1 saturated heterocycles.